The van der Waals surface area contributed by atoms with Crippen molar-refractivity contribution in [3.8, 4) is 22.8 Å². The van der Waals surface area contributed by atoms with Crippen LogP contribution in [-0.4, -0.2) is 60.4 Å². The van der Waals surface area contributed by atoms with Gasteiger partial charge in [0.25, 0.3) is 0 Å². The lowest BCUT2D eigenvalue weighted by atomic mass is 9.49. The molecule has 0 aliphatic carbocycles. The first-order valence-corrected chi connectivity index (χ1v) is 8.71. The highest BCUT2D eigenvalue weighted by molar-refractivity contribution is 6.59. The van der Waals surface area contributed by atoms with Gasteiger partial charge in [-0.05, 0) is 23.4 Å². The van der Waals surface area contributed by atoms with Gasteiger partial charge in [0.1, 0.15) is 35.5 Å². The molecule has 3 aromatic heterocycles. The van der Waals surface area contributed by atoms with Gasteiger partial charge in [-0.3, -0.25) is 0 Å². The van der Waals surface area contributed by atoms with E-state index < -0.39 is 0 Å². The van der Waals surface area contributed by atoms with Crippen molar-refractivity contribution in [2.75, 3.05) is 11.9 Å². The fourth-order valence-electron chi connectivity index (χ4n) is 2.69. The topological polar surface area (TPSA) is 92.0 Å². The van der Waals surface area contributed by atoms with E-state index in [4.69, 9.17) is 4.52 Å². The van der Waals surface area contributed by atoms with Gasteiger partial charge in [-0.1, -0.05) is 11.2 Å². The molecule has 0 unspecified atom stereocenters. The van der Waals surface area contributed by atoms with Gasteiger partial charge in [0, 0.05) is 18.5 Å². The van der Waals surface area contributed by atoms with E-state index in [9.17, 15) is 0 Å². The summed E-state index contributed by atoms with van der Waals surface area (Å²) in [5.41, 5.74) is 7.24. The zero-order valence-electron chi connectivity index (χ0n) is 15.5. The lowest BCUT2D eigenvalue weighted by Gasteiger charge is -2.31. The molecule has 0 radical (unpaired) electrons. The van der Waals surface area contributed by atoms with Crippen LogP contribution in [0.1, 0.15) is 0 Å². The predicted molar refractivity (Wildman–Crippen MR) is 111 cm³/mol. The molecule has 0 aromatic carbocycles. The van der Waals surface area contributed by atoms with Crippen LogP contribution in [0.3, 0.4) is 0 Å². The van der Waals surface area contributed by atoms with E-state index in [0.29, 0.717) is 18.2 Å². The molecule has 11 heteroatoms. The smallest absolute Gasteiger partial charge is 0.227 e. The number of hydrogen-bond donors (Lipinski definition) is 2. The first-order valence-electron chi connectivity index (χ1n) is 8.71. The molecule has 0 saturated carbocycles. The van der Waals surface area contributed by atoms with Crippen LogP contribution < -0.4 is 10.7 Å². The number of hydrazine groups is 1. The molecule has 1 aliphatic rings. The molecule has 0 fully saturated rings. The van der Waals surface area contributed by atoms with E-state index in [1.807, 2.05) is 30.5 Å². The molecule has 0 atom stereocenters. The van der Waals surface area contributed by atoms with Gasteiger partial charge in [0.2, 0.25) is 5.95 Å². The largest absolute Gasteiger partial charge is 0.364 e. The van der Waals surface area contributed by atoms with Crippen molar-refractivity contribution in [2.24, 2.45) is 0 Å². The molecule has 8 nitrogen and oxygen atoms in total. The third-order valence-corrected chi connectivity index (χ3v) is 4.09. The second kappa shape index (κ2) is 6.92. The summed E-state index contributed by atoms with van der Waals surface area (Å²) < 4.78 is 4.90. The second-order valence-electron chi connectivity index (χ2n) is 7.21. The molecule has 0 amide bonds. The lowest BCUT2D eigenvalue weighted by Crippen LogP contribution is -2.52. The van der Waals surface area contributed by atoms with Gasteiger partial charge in [-0.2, -0.15) is 0 Å². The summed E-state index contributed by atoms with van der Waals surface area (Å²) in [4.78, 5) is 13.6. The van der Waals surface area contributed by atoms with Crippen LogP contribution in [0.5, 0.6) is 0 Å². The Labute approximate surface area is 159 Å². The lowest BCUT2D eigenvalue weighted by molar-refractivity contribution is 0.307. The Bertz CT molecular complexity index is 972. The highest BCUT2D eigenvalue weighted by Gasteiger charge is 2.23. The highest BCUT2D eigenvalue weighted by atomic mass is 16.5. The van der Waals surface area contributed by atoms with Crippen LogP contribution in [0.25, 0.3) is 22.8 Å². The molecule has 0 saturated heterocycles. The van der Waals surface area contributed by atoms with E-state index in [2.05, 4.69) is 59.4 Å². The summed E-state index contributed by atoms with van der Waals surface area (Å²) in [7, 11) is 6.43. The number of rotatable bonds is 5. The van der Waals surface area contributed by atoms with E-state index >= 15 is 0 Å². The van der Waals surface area contributed by atoms with Crippen LogP contribution >= 0.6 is 0 Å². The number of nitrogens with one attached hydrogen (secondary N) is 2. The van der Waals surface area contributed by atoms with Crippen molar-refractivity contribution in [1.29, 1.82) is 0 Å². The quantitative estimate of drug-likeness (QED) is 0.550. The van der Waals surface area contributed by atoms with Crippen LogP contribution in [0.2, 0.25) is 0 Å². The average molecular weight is 357 g/mol. The molecule has 4 heterocycles. The van der Waals surface area contributed by atoms with Gasteiger partial charge in [0.05, 0.1) is 29.3 Å². The molecule has 0 spiro atoms. The molecule has 0 bridgehead atoms. The maximum absolute atomic E-state index is 4.90. The number of pyridine rings is 1. The zero-order chi connectivity index (χ0) is 18.9. The summed E-state index contributed by atoms with van der Waals surface area (Å²) in [5.74, 6) is 0.532. The third-order valence-electron chi connectivity index (χ3n) is 4.09. The molecule has 4 rings (SSSR count). The molecule has 2 N–H and O–H groups in total. The second-order valence-corrected chi connectivity index (χ2v) is 7.21. The minimum atomic E-state index is -0.00237. The van der Waals surface area contributed by atoms with Crippen molar-refractivity contribution >= 4 is 29.5 Å². The van der Waals surface area contributed by atoms with Gasteiger partial charge < -0.3 is 14.8 Å². The molecule has 132 valence electrons. The number of aromatic nitrogens is 4. The minimum Gasteiger partial charge on any atom is -0.364 e. The third kappa shape index (κ3) is 3.87. The minimum absolute atomic E-state index is 0.00237. The summed E-state index contributed by atoms with van der Waals surface area (Å²) in [6, 6.07) is 9.33. The first kappa shape index (κ1) is 17.4. The Morgan fingerprint density at radius 3 is 2.52 bits per heavy atom. The average Bonchev–Trinajstić information content (AvgIpc) is 3.34. The Hall–Kier alpha value is -3.07. The first-order chi connectivity index (χ1) is 13.0. The molecule has 27 heavy (non-hydrogen) atoms. The van der Waals surface area contributed by atoms with Crippen molar-refractivity contribution in [2.45, 2.75) is 5.24 Å². The van der Waals surface area contributed by atoms with E-state index in [1.165, 1.54) is 6.26 Å². The van der Waals surface area contributed by atoms with E-state index in [-0.39, 0.29) is 5.24 Å². The number of hydrogen-bond acceptors (Lipinski definition) is 8. The van der Waals surface area contributed by atoms with Gasteiger partial charge >= 0.3 is 0 Å². The normalized spacial score (nSPS) is 14.2. The molecular weight excluding hydrogens is 339 g/mol. The van der Waals surface area contributed by atoms with Gasteiger partial charge in [0.15, 0.2) is 0 Å². The maximum Gasteiger partial charge on any atom is 0.227 e. The Balaban J connectivity index is 1.56. The summed E-state index contributed by atoms with van der Waals surface area (Å²) in [6.07, 6.45) is 5.29. The highest BCUT2D eigenvalue weighted by Crippen LogP contribution is 2.21. The molecule has 3 aromatic rings. The summed E-state index contributed by atoms with van der Waals surface area (Å²) in [5, 5.41) is 9.28. The predicted octanol–water partition coefficient (Wildman–Crippen LogP) is -1.22. The monoisotopic (exact) mass is 357 g/mol. The van der Waals surface area contributed by atoms with Crippen LogP contribution in [0, 0.1) is 0 Å². The van der Waals surface area contributed by atoms with Crippen LogP contribution in [-0.2, 0) is 0 Å². The number of anilines is 1. The van der Waals surface area contributed by atoms with Crippen LogP contribution in [0.4, 0.5) is 5.95 Å². The summed E-state index contributed by atoms with van der Waals surface area (Å²) in [6.45, 7) is 0.699. The van der Waals surface area contributed by atoms with E-state index in [1.54, 1.807) is 12.3 Å². The van der Waals surface area contributed by atoms with Crippen molar-refractivity contribution in [1.82, 2.24) is 30.5 Å². The fraction of sp³-hybridized carbons (Fsp3) is 0.125. The Morgan fingerprint density at radius 1 is 1.04 bits per heavy atom. The molecule has 1 aliphatic heterocycles. The SMILES string of the molecule is BC(B)(B)N1C=C(Nc2nccc(-c3cccc(-c4ccon4)n3)n2)CN1. The van der Waals surface area contributed by atoms with Crippen LogP contribution in [0.15, 0.2) is 59.2 Å². The van der Waals surface area contributed by atoms with Crippen molar-refractivity contribution in [3.63, 3.8) is 0 Å². The van der Waals surface area contributed by atoms with Gasteiger partial charge in [-0.15, -0.1) is 0 Å². The Kier molecular flexibility index (Phi) is 4.45. The van der Waals surface area contributed by atoms with Crippen molar-refractivity contribution < 1.29 is 4.52 Å². The Morgan fingerprint density at radius 2 is 1.81 bits per heavy atom. The summed E-state index contributed by atoms with van der Waals surface area (Å²) >= 11 is 0. The molecular formula is C16H18B3N7O. The zero-order valence-corrected chi connectivity index (χ0v) is 15.5. The fourth-order valence-corrected chi connectivity index (χ4v) is 2.69. The van der Waals surface area contributed by atoms with Gasteiger partial charge in [-0.25, -0.2) is 20.4 Å². The number of nitrogens with zero attached hydrogens (tertiary/aromatic N) is 5. The van der Waals surface area contributed by atoms with E-state index in [0.717, 1.165) is 22.8 Å². The standard InChI is InChI=1S/C16H18B3N7O/c17-16(18,19)26-9-10(8-21-26)22-15-20-6-4-13(24-15)11-2-1-3-12(23-11)14-5-7-27-25-14/h1-7,9,21H,8,17-19H2,(H,20,22,24). The maximum atomic E-state index is 4.90. The van der Waals surface area contributed by atoms with Crippen molar-refractivity contribution in [3.05, 3.63) is 54.7 Å².